The molecule has 1 aromatic rings. The summed E-state index contributed by atoms with van der Waals surface area (Å²) in [5.74, 6) is 1.00. The Bertz CT molecular complexity index is 427. The zero-order valence-corrected chi connectivity index (χ0v) is 15.4. The molecule has 2 rings (SSSR count). The summed E-state index contributed by atoms with van der Waals surface area (Å²) >= 11 is 0. The molecule has 0 saturated carbocycles. The number of piperazine rings is 1. The van der Waals surface area contributed by atoms with Crippen LogP contribution in [0.1, 0.15) is 44.6 Å². The van der Waals surface area contributed by atoms with Crippen LogP contribution in [-0.2, 0) is 6.54 Å². The Morgan fingerprint density at radius 3 is 2.29 bits per heavy atom. The van der Waals surface area contributed by atoms with Gasteiger partial charge in [-0.05, 0) is 43.6 Å². The minimum absolute atomic E-state index is 0.799. The SMILES string of the molecule is CCCCCCOc1ccc(CN2CCN(CCCN)CC2)cc1. The fraction of sp³-hybridized carbons (Fsp3) is 0.700. The first-order chi connectivity index (χ1) is 11.8. The van der Waals surface area contributed by atoms with Crippen LogP contribution in [0.15, 0.2) is 24.3 Å². The highest BCUT2D eigenvalue weighted by atomic mass is 16.5. The lowest BCUT2D eigenvalue weighted by molar-refractivity contribution is 0.126. The minimum atomic E-state index is 0.799. The van der Waals surface area contributed by atoms with Gasteiger partial charge in [0.15, 0.2) is 0 Å². The molecule has 1 aliphatic rings. The maximum absolute atomic E-state index is 5.82. The number of hydrogen-bond donors (Lipinski definition) is 1. The Kier molecular flexibility index (Phi) is 9.18. The zero-order valence-electron chi connectivity index (χ0n) is 15.4. The monoisotopic (exact) mass is 333 g/mol. The van der Waals surface area contributed by atoms with Gasteiger partial charge in [0.1, 0.15) is 5.75 Å². The van der Waals surface area contributed by atoms with Gasteiger partial charge in [0.2, 0.25) is 0 Å². The van der Waals surface area contributed by atoms with Crippen LogP contribution in [0.4, 0.5) is 0 Å². The molecule has 1 saturated heterocycles. The largest absolute Gasteiger partial charge is 0.494 e. The highest BCUT2D eigenvalue weighted by Gasteiger charge is 2.16. The third-order valence-corrected chi connectivity index (χ3v) is 4.74. The van der Waals surface area contributed by atoms with Crippen molar-refractivity contribution in [2.75, 3.05) is 45.9 Å². The van der Waals surface area contributed by atoms with Crippen molar-refractivity contribution < 1.29 is 4.74 Å². The summed E-state index contributed by atoms with van der Waals surface area (Å²) in [6.45, 7) is 10.7. The molecule has 0 spiro atoms. The Morgan fingerprint density at radius 2 is 1.62 bits per heavy atom. The third-order valence-electron chi connectivity index (χ3n) is 4.74. The molecule has 0 unspecified atom stereocenters. The molecule has 1 aliphatic heterocycles. The lowest BCUT2D eigenvalue weighted by Crippen LogP contribution is -2.46. The number of unbranched alkanes of at least 4 members (excludes halogenated alkanes) is 3. The number of benzene rings is 1. The second-order valence-electron chi connectivity index (χ2n) is 6.81. The van der Waals surface area contributed by atoms with E-state index in [2.05, 4.69) is 41.0 Å². The van der Waals surface area contributed by atoms with E-state index in [1.807, 2.05) is 0 Å². The van der Waals surface area contributed by atoms with Crippen LogP contribution in [0.3, 0.4) is 0 Å². The molecule has 4 heteroatoms. The van der Waals surface area contributed by atoms with Crippen LogP contribution < -0.4 is 10.5 Å². The standard InChI is InChI=1S/C20H35N3O/c1-2-3-4-5-17-24-20-9-7-19(8-10-20)18-23-15-13-22(14-16-23)12-6-11-21/h7-10H,2-6,11-18,21H2,1H3. The van der Waals surface area contributed by atoms with E-state index >= 15 is 0 Å². The summed E-state index contributed by atoms with van der Waals surface area (Å²) < 4.78 is 5.82. The highest BCUT2D eigenvalue weighted by molar-refractivity contribution is 5.27. The molecule has 1 aromatic carbocycles. The van der Waals surface area contributed by atoms with Gasteiger partial charge >= 0.3 is 0 Å². The molecule has 24 heavy (non-hydrogen) atoms. The van der Waals surface area contributed by atoms with Crippen LogP contribution in [0, 0.1) is 0 Å². The first-order valence-corrected chi connectivity index (χ1v) is 9.68. The average Bonchev–Trinajstić information content (AvgIpc) is 2.62. The summed E-state index contributed by atoms with van der Waals surface area (Å²) in [5, 5.41) is 0. The van der Waals surface area contributed by atoms with Crippen molar-refractivity contribution in [2.24, 2.45) is 5.73 Å². The molecule has 1 fully saturated rings. The van der Waals surface area contributed by atoms with Crippen molar-refractivity contribution in [2.45, 2.75) is 45.6 Å². The van der Waals surface area contributed by atoms with Crippen molar-refractivity contribution in [3.8, 4) is 5.75 Å². The van der Waals surface area contributed by atoms with Crippen LogP contribution in [0.2, 0.25) is 0 Å². The topological polar surface area (TPSA) is 41.7 Å². The quantitative estimate of drug-likeness (QED) is 0.632. The third kappa shape index (κ3) is 7.20. The summed E-state index contributed by atoms with van der Waals surface area (Å²) in [6.07, 6.45) is 6.12. The summed E-state index contributed by atoms with van der Waals surface area (Å²) in [7, 11) is 0. The van der Waals surface area contributed by atoms with Crippen molar-refractivity contribution >= 4 is 0 Å². The van der Waals surface area contributed by atoms with E-state index in [1.165, 1.54) is 37.9 Å². The number of nitrogens with two attached hydrogens (primary N) is 1. The van der Waals surface area contributed by atoms with Gasteiger partial charge in [0.05, 0.1) is 6.61 Å². The second-order valence-corrected chi connectivity index (χ2v) is 6.81. The van der Waals surface area contributed by atoms with Crippen molar-refractivity contribution in [3.05, 3.63) is 29.8 Å². The highest BCUT2D eigenvalue weighted by Crippen LogP contribution is 2.15. The molecule has 2 N–H and O–H groups in total. The van der Waals surface area contributed by atoms with Gasteiger partial charge in [-0.15, -0.1) is 0 Å². The van der Waals surface area contributed by atoms with Crippen molar-refractivity contribution in [1.82, 2.24) is 9.80 Å². The number of nitrogens with zero attached hydrogens (tertiary/aromatic N) is 2. The van der Waals surface area contributed by atoms with Gasteiger partial charge in [0.25, 0.3) is 0 Å². The Balaban J connectivity index is 1.65. The van der Waals surface area contributed by atoms with Gasteiger partial charge in [-0.1, -0.05) is 38.3 Å². The molecule has 0 amide bonds. The molecule has 0 bridgehead atoms. The average molecular weight is 334 g/mol. The molecule has 136 valence electrons. The first-order valence-electron chi connectivity index (χ1n) is 9.68. The van der Waals surface area contributed by atoms with Gasteiger partial charge in [-0.3, -0.25) is 4.90 Å². The van der Waals surface area contributed by atoms with Crippen molar-refractivity contribution in [3.63, 3.8) is 0 Å². The van der Waals surface area contributed by atoms with Gasteiger partial charge in [0, 0.05) is 32.7 Å². The summed E-state index contributed by atoms with van der Waals surface area (Å²) in [4.78, 5) is 5.07. The first kappa shape index (κ1) is 19.2. The maximum atomic E-state index is 5.82. The van der Waals surface area contributed by atoms with Crippen LogP contribution in [0.25, 0.3) is 0 Å². The fourth-order valence-electron chi connectivity index (χ4n) is 3.15. The van der Waals surface area contributed by atoms with E-state index in [-0.39, 0.29) is 0 Å². The maximum Gasteiger partial charge on any atom is 0.119 e. The van der Waals surface area contributed by atoms with Crippen molar-refractivity contribution in [1.29, 1.82) is 0 Å². The zero-order chi connectivity index (χ0) is 17.0. The molecule has 0 aromatic heterocycles. The van der Waals surface area contributed by atoms with Gasteiger partial charge in [-0.25, -0.2) is 0 Å². The van der Waals surface area contributed by atoms with Crippen LogP contribution >= 0.6 is 0 Å². The Hall–Kier alpha value is -1.10. The lowest BCUT2D eigenvalue weighted by atomic mass is 10.2. The van der Waals surface area contributed by atoms with E-state index < -0.39 is 0 Å². The van der Waals surface area contributed by atoms with Crippen LogP contribution in [0.5, 0.6) is 5.75 Å². The summed E-state index contributed by atoms with van der Waals surface area (Å²) in [6, 6.07) is 8.66. The van der Waals surface area contributed by atoms with Gasteiger partial charge in [-0.2, -0.15) is 0 Å². The van der Waals surface area contributed by atoms with E-state index in [0.717, 1.165) is 57.9 Å². The molecule has 0 radical (unpaired) electrons. The van der Waals surface area contributed by atoms with E-state index in [9.17, 15) is 0 Å². The number of ether oxygens (including phenoxy) is 1. The molecule has 0 atom stereocenters. The summed E-state index contributed by atoms with van der Waals surface area (Å²) in [5.41, 5.74) is 6.97. The molecule has 1 heterocycles. The minimum Gasteiger partial charge on any atom is -0.494 e. The fourth-order valence-corrected chi connectivity index (χ4v) is 3.15. The predicted molar refractivity (Wildman–Crippen MR) is 101 cm³/mol. The Labute approximate surface area is 148 Å². The molecular weight excluding hydrogens is 298 g/mol. The van der Waals surface area contributed by atoms with E-state index in [1.54, 1.807) is 0 Å². The predicted octanol–water partition coefficient (Wildman–Crippen LogP) is 3.11. The van der Waals surface area contributed by atoms with Crippen LogP contribution in [-0.4, -0.2) is 55.7 Å². The van der Waals surface area contributed by atoms with E-state index in [0.29, 0.717) is 0 Å². The Morgan fingerprint density at radius 1 is 0.917 bits per heavy atom. The lowest BCUT2D eigenvalue weighted by Gasteiger charge is -2.34. The normalized spacial score (nSPS) is 16.4. The van der Waals surface area contributed by atoms with Gasteiger partial charge < -0.3 is 15.4 Å². The number of rotatable bonds is 11. The molecular formula is C20H35N3O. The molecule has 4 nitrogen and oxygen atoms in total. The smallest absolute Gasteiger partial charge is 0.119 e. The second kappa shape index (κ2) is 11.5. The molecule has 0 aliphatic carbocycles. The van der Waals surface area contributed by atoms with E-state index in [4.69, 9.17) is 10.5 Å². The number of hydrogen-bond acceptors (Lipinski definition) is 4.